The first-order valence-electron chi connectivity index (χ1n) is 7.91. The van der Waals surface area contributed by atoms with Crippen LogP contribution < -0.4 is 0 Å². The van der Waals surface area contributed by atoms with Crippen LogP contribution in [-0.4, -0.2) is 31.2 Å². The largest absolute Gasteiger partial charge is 0.231 e. The van der Waals surface area contributed by atoms with Gasteiger partial charge in [-0.3, -0.25) is 0 Å². The van der Waals surface area contributed by atoms with Gasteiger partial charge in [0.05, 0.1) is 11.4 Å². The summed E-state index contributed by atoms with van der Waals surface area (Å²) in [4.78, 5) is 8.74. The van der Waals surface area contributed by atoms with Crippen LogP contribution in [0.1, 0.15) is 0 Å². The van der Waals surface area contributed by atoms with E-state index in [1.54, 1.807) is 29.1 Å². The molecule has 4 rings (SSSR count). The van der Waals surface area contributed by atoms with E-state index < -0.39 is 0 Å². The van der Waals surface area contributed by atoms with Gasteiger partial charge in [-0.1, -0.05) is 35.2 Å². The molecule has 0 aliphatic carbocycles. The van der Waals surface area contributed by atoms with E-state index in [4.69, 9.17) is 0 Å². The molecule has 0 saturated carbocycles. The molecule has 0 radical (unpaired) electrons. The van der Waals surface area contributed by atoms with Crippen LogP contribution in [-0.2, 0) is 0 Å². The molecule has 0 fully saturated rings. The zero-order valence-corrected chi connectivity index (χ0v) is 14.7. The van der Waals surface area contributed by atoms with E-state index in [9.17, 15) is 4.39 Å². The highest BCUT2D eigenvalue weighted by molar-refractivity contribution is 7.98. The molecule has 5 nitrogen and oxygen atoms in total. The molecule has 0 aliphatic heterocycles. The number of halogens is 1. The Morgan fingerprint density at radius 3 is 2.46 bits per heavy atom. The Hall–Kier alpha value is -3.06. The summed E-state index contributed by atoms with van der Waals surface area (Å²) >= 11 is 1.46. The Labute approximate surface area is 153 Å². The lowest BCUT2D eigenvalue weighted by Crippen LogP contribution is -1.99. The van der Waals surface area contributed by atoms with E-state index in [-0.39, 0.29) is 5.82 Å². The minimum Gasteiger partial charge on any atom is -0.231 e. The molecule has 0 bridgehead atoms. The molecule has 0 saturated heterocycles. The molecule has 2 aromatic heterocycles. The molecule has 0 spiro atoms. The van der Waals surface area contributed by atoms with Gasteiger partial charge < -0.3 is 0 Å². The maximum atomic E-state index is 13.4. The molecule has 2 heterocycles. The van der Waals surface area contributed by atoms with E-state index >= 15 is 0 Å². The summed E-state index contributed by atoms with van der Waals surface area (Å²) in [5, 5.41) is 9.33. The molecule has 0 atom stereocenters. The standard InChI is InChI=1S/C19H14FN5S/c1-26-19-21-12-11-16(22-19)17-18(13-7-9-14(20)10-8-13)25(24-23-17)15-5-3-2-4-6-15/h2-12H,1H3. The van der Waals surface area contributed by atoms with Crippen LogP contribution >= 0.6 is 11.8 Å². The molecule has 0 N–H and O–H groups in total. The van der Waals surface area contributed by atoms with Crippen molar-refractivity contribution >= 4 is 11.8 Å². The van der Waals surface area contributed by atoms with Gasteiger partial charge in [0.2, 0.25) is 0 Å². The highest BCUT2D eigenvalue weighted by Gasteiger charge is 2.19. The van der Waals surface area contributed by atoms with Crippen molar-refractivity contribution in [2.75, 3.05) is 6.26 Å². The van der Waals surface area contributed by atoms with Crippen molar-refractivity contribution in [2.24, 2.45) is 0 Å². The maximum Gasteiger partial charge on any atom is 0.187 e. The summed E-state index contributed by atoms with van der Waals surface area (Å²) in [6, 6.07) is 17.8. The van der Waals surface area contributed by atoms with Crippen molar-refractivity contribution < 1.29 is 4.39 Å². The molecule has 0 unspecified atom stereocenters. The lowest BCUT2D eigenvalue weighted by Gasteiger charge is -2.08. The van der Waals surface area contributed by atoms with Gasteiger partial charge in [0.1, 0.15) is 17.2 Å². The van der Waals surface area contributed by atoms with Gasteiger partial charge in [-0.05, 0) is 48.7 Å². The molecule has 4 aromatic rings. The second-order valence-electron chi connectivity index (χ2n) is 5.47. The second kappa shape index (κ2) is 7.05. The van der Waals surface area contributed by atoms with E-state index in [0.29, 0.717) is 16.5 Å². The summed E-state index contributed by atoms with van der Waals surface area (Å²) in [5.74, 6) is -0.291. The molecular formula is C19H14FN5S. The lowest BCUT2D eigenvalue weighted by molar-refractivity contribution is 0.628. The van der Waals surface area contributed by atoms with Gasteiger partial charge in [-0.25, -0.2) is 19.0 Å². The first-order chi connectivity index (χ1) is 12.8. The molecule has 7 heteroatoms. The fourth-order valence-electron chi connectivity index (χ4n) is 2.64. The minimum atomic E-state index is -0.291. The predicted octanol–water partition coefficient (Wildman–Crippen LogP) is 4.25. The SMILES string of the molecule is CSc1nccc(-c2nnn(-c3ccccc3)c2-c2ccc(F)cc2)n1. The van der Waals surface area contributed by atoms with Crippen LogP contribution in [0.3, 0.4) is 0 Å². The van der Waals surface area contributed by atoms with Gasteiger partial charge in [-0.2, -0.15) is 0 Å². The summed E-state index contributed by atoms with van der Waals surface area (Å²) < 4.78 is 15.2. The first kappa shape index (κ1) is 16.4. The number of thioether (sulfide) groups is 1. The average molecular weight is 363 g/mol. The van der Waals surface area contributed by atoms with Crippen molar-refractivity contribution in [3.05, 3.63) is 72.7 Å². The summed E-state index contributed by atoms with van der Waals surface area (Å²) in [5.41, 5.74) is 3.72. The summed E-state index contributed by atoms with van der Waals surface area (Å²) in [6.07, 6.45) is 3.62. The van der Waals surface area contributed by atoms with E-state index in [0.717, 1.165) is 16.9 Å². The number of hydrogen-bond acceptors (Lipinski definition) is 5. The van der Waals surface area contributed by atoms with Gasteiger partial charge >= 0.3 is 0 Å². The number of benzene rings is 2. The third-order valence-corrected chi connectivity index (χ3v) is 4.41. The maximum absolute atomic E-state index is 13.4. The van der Waals surface area contributed by atoms with Gasteiger partial charge in [0, 0.05) is 11.8 Å². The molecule has 2 aromatic carbocycles. The Kier molecular flexibility index (Phi) is 4.45. The zero-order valence-electron chi connectivity index (χ0n) is 13.9. The summed E-state index contributed by atoms with van der Waals surface area (Å²) in [6.45, 7) is 0. The summed E-state index contributed by atoms with van der Waals surface area (Å²) in [7, 11) is 0. The Morgan fingerprint density at radius 2 is 1.73 bits per heavy atom. The predicted molar refractivity (Wildman–Crippen MR) is 99.6 cm³/mol. The van der Waals surface area contributed by atoms with Crippen molar-refractivity contribution in [1.29, 1.82) is 0 Å². The number of rotatable bonds is 4. The third-order valence-electron chi connectivity index (χ3n) is 3.85. The monoisotopic (exact) mass is 363 g/mol. The Balaban J connectivity index is 1.94. The normalized spacial score (nSPS) is 10.8. The van der Waals surface area contributed by atoms with E-state index in [1.165, 1.54) is 23.9 Å². The molecule has 0 amide bonds. The third kappa shape index (κ3) is 3.09. The molecular weight excluding hydrogens is 349 g/mol. The quantitative estimate of drug-likeness (QED) is 0.401. The van der Waals surface area contributed by atoms with Crippen LogP contribution in [0.15, 0.2) is 72.0 Å². The number of hydrogen-bond donors (Lipinski definition) is 0. The van der Waals surface area contributed by atoms with Crippen molar-refractivity contribution in [2.45, 2.75) is 5.16 Å². The van der Waals surface area contributed by atoms with Crippen molar-refractivity contribution in [3.8, 4) is 28.3 Å². The van der Waals surface area contributed by atoms with Crippen LogP contribution in [0.5, 0.6) is 0 Å². The first-order valence-corrected chi connectivity index (χ1v) is 9.13. The minimum absolute atomic E-state index is 0.291. The highest BCUT2D eigenvalue weighted by Crippen LogP contribution is 2.31. The van der Waals surface area contributed by atoms with Crippen LogP contribution in [0.25, 0.3) is 28.3 Å². The number of aromatic nitrogens is 5. The van der Waals surface area contributed by atoms with Gasteiger partial charge in [0.15, 0.2) is 5.16 Å². The smallest absolute Gasteiger partial charge is 0.187 e. The number of para-hydroxylation sites is 1. The number of nitrogens with zero attached hydrogens (tertiary/aromatic N) is 5. The topological polar surface area (TPSA) is 56.5 Å². The molecule has 128 valence electrons. The average Bonchev–Trinajstić information content (AvgIpc) is 3.14. The molecule has 0 aliphatic rings. The van der Waals surface area contributed by atoms with Crippen LogP contribution in [0, 0.1) is 5.82 Å². The van der Waals surface area contributed by atoms with Crippen LogP contribution in [0.2, 0.25) is 0 Å². The second-order valence-corrected chi connectivity index (χ2v) is 6.24. The fraction of sp³-hybridized carbons (Fsp3) is 0.0526. The van der Waals surface area contributed by atoms with E-state index in [1.807, 2.05) is 36.6 Å². The highest BCUT2D eigenvalue weighted by atomic mass is 32.2. The van der Waals surface area contributed by atoms with Crippen LogP contribution in [0.4, 0.5) is 4.39 Å². The zero-order chi connectivity index (χ0) is 17.9. The molecule has 26 heavy (non-hydrogen) atoms. The van der Waals surface area contributed by atoms with Crippen molar-refractivity contribution in [3.63, 3.8) is 0 Å². The van der Waals surface area contributed by atoms with E-state index in [2.05, 4.69) is 20.3 Å². The fourth-order valence-corrected chi connectivity index (χ4v) is 3.00. The van der Waals surface area contributed by atoms with Gasteiger partial charge in [0.25, 0.3) is 0 Å². The Bertz CT molecular complexity index is 1030. The lowest BCUT2D eigenvalue weighted by atomic mass is 10.1. The Morgan fingerprint density at radius 1 is 0.962 bits per heavy atom. The van der Waals surface area contributed by atoms with Gasteiger partial charge in [-0.15, -0.1) is 5.10 Å². The van der Waals surface area contributed by atoms with Crippen molar-refractivity contribution in [1.82, 2.24) is 25.0 Å².